The Morgan fingerprint density at radius 3 is 2.36 bits per heavy atom. The van der Waals surface area contributed by atoms with Gasteiger partial charge in [-0.25, -0.2) is 9.36 Å². The molecule has 0 amide bonds. The predicted octanol–water partition coefficient (Wildman–Crippen LogP) is 5.10. The molecule has 8 heteroatoms. The first-order chi connectivity index (χ1) is 13.5. The zero-order valence-corrected chi connectivity index (χ0v) is 16.7. The summed E-state index contributed by atoms with van der Waals surface area (Å²) < 4.78 is 3.03. The van der Waals surface area contributed by atoms with Gasteiger partial charge in [-0.15, -0.1) is 0 Å². The smallest absolute Gasteiger partial charge is 0.266 e. The fraction of sp³-hybridized carbons (Fsp3) is 0.0500. The first-order valence-corrected chi connectivity index (χ1v) is 9.47. The molecule has 4 aromatic rings. The monoisotopic (exact) mass is 430 g/mol. The Kier molecular flexibility index (Phi) is 5.22. The van der Waals surface area contributed by atoms with Gasteiger partial charge in [-0.3, -0.25) is 4.79 Å². The average Bonchev–Trinajstić information content (AvgIpc) is 3.13. The molecule has 4 rings (SSSR count). The second-order valence-electron chi connectivity index (χ2n) is 6.06. The Labute approximate surface area is 175 Å². The van der Waals surface area contributed by atoms with Crippen LogP contribution >= 0.6 is 34.8 Å². The summed E-state index contributed by atoms with van der Waals surface area (Å²) >= 11 is 17.9. The Morgan fingerprint density at radius 2 is 1.64 bits per heavy atom. The van der Waals surface area contributed by atoms with E-state index in [1.165, 1.54) is 10.9 Å². The molecule has 0 saturated carbocycles. The molecule has 0 fully saturated rings. The summed E-state index contributed by atoms with van der Waals surface area (Å²) in [4.78, 5) is 12.4. The van der Waals surface area contributed by atoms with Crippen molar-refractivity contribution in [3.63, 3.8) is 0 Å². The molecule has 2 aromatic heterocycles. The van der Waals surface area contributed by atoms with E-state index in [2.05, 4.69) is 5.10 Å². The fourth-order valence-corrected chi connectivity index (χ4v) is 3.20. The normalized spacial score (nSPS) is 11.0. The highest BCUT2D eigenvalue weighted by Crippen LogP contribution is 2.26. The van der Waals surface area contributed by atoms with Gasteiger partial charge in [0.2, 0.25) is 0 Å². The van der Waals surface area contributed by atoms with Crippen molar-refractivity contribution in [1.29, 1.82) is 0 Å². The maximum Gasteiger partial charge on any atom is 0.287 e. The van der Waals surface area contributed by atoms with E-state index in [4.69, 9.17) is 39.9 Å². The van der Waals surface area contributed by atoms with E-state index in [0.29, 0.717) is 5.02 Å². The SMILES string of the molecule is O=c1c(Cl)c(Cl)cnn1Cc1cn(-c2ccccc2)nc1-c1ccc(Cl)cc1. The standard InChI is InChI=1S/C20H13Cl3N4O/c21-15-8-6-13(7-9-15)19-14(11-26(25-19)16-4-2-1-3-5-16)12-27-20(28)18(23)17(22)10-24-27/h1-11H,12H2. The average molecular weight is 432 g/mol. The molecule has 0 atom stereocenters. The quantitative estimate of drug-likeness (QED) is 0.451. The summed E-state index contributed by atoms with van der Waals surface area (Å²) in [5.74, 6) is 0. The zero-order valence-electron chi connectivity index (χ0n) is 14.4. The van der Waals surface area contributed by atoms with Gasteiger partial charge < -0.3 is 0 Å². The molecule has 2 aromatic carbocycles. The van der Waals surface area contributed by atoms with Crippen LogP contribution in [0.1, 0.15) is 5.56 Å². The number of benzene rings is 2. The number of para-hydroxylation sites is 1. The molecule has 28 heavy (non-hydrogen) atoms. The van der Waals surface area contributed by atoms with Crippen LogP contribution in [-0.2, 0) is 6.54 Å². The van der Waals surface area contributed by atoms with Crippen molar-refractivity contribution in [1.82, 2.24) is 19.6 Å². The van der Waals surface area contributed by atoms with Crippen molar-refractivity contribution in [2.24, 2.45) is 0 Å². The second kappa shape index (κ2) is 7.80. The van der Waals surface area contributed by atoms with E-state index in [-0.39, 0.29) is 16.6 Å². The van der Waals surface area contributed by atoms with Gasteiger partial charge in [0.1, 0.15) is 5.02 Å². The number of hydrogen-bond donors (Lipinski definition) is 0. The van der Waals surface area contributed by atoms with Crippen molar-refractivity contribution in [2.45, 2.75) is 6.54 Å². The highest BCUT2D eigenvalue weighted by Gasteiger charge is 2.15. The van der Waals surface area contributed by atoms with Gasteiger partial charge in [0.05, 0.1) is 29.1 Å². The molecule has 140 valence electrons. The lowest BCUT2D eigenvalue weighted by atomic mass is 10.1. The summed E-state index contributed by atoms with van der Waals surface area (Å²) in [6.45, 7) is 0.195. The van der Waals surface area contributed by atoms with Crippen LogP contribution in [0.5, 0.6) is 0 Å². The van der Waals surface area contributed by atoms with Crippen LogP contribution in [0.4, 0.5) is 0 Å². The third-order valence-electron chi connectivity index (χ3n) is 4.19. The van der Waals surface area contributed by atoms with Crippen LogP contribution in [0.3, 0.4) is 0 Å². The number of aromatic nitrogens is 4. The van der Waals surface area contributed by atoms with Gasteiger partial charge in [-0.1, -0.05) is 65.1 Å². The summed E-state index contributed by atoms with van der Waals surface area (Å²) in [5, 5.41) is 9.52. The van der Waals surface area contributed by atoms with Crippen molar-refractivity contribution < 1.29 is 0 Å². The van der Waals surface area contributed by atoms with E-state index >= 15 is 0 Å². The van der Waals surface area contributed by atoms with Crippen LogP contribution in [0.15, 0.2) is 71.8 Å². The lowest BCUT2D eigenvalue weighted by molar-refractivity contribution is 0.640. The summed E-state index contributed by atoms with van der Waals surface area (Å²) in [6.07, 6.45) is 3.23. The highest BCUT2D eigenvalue weighted by atomic mass is 35.5. The van der Waals surface area contributed by atoms with E-state index in [9.17, 15) is 4.79 Å². The lowest BCUT2D eigenvalue weighted by Crippen LogP contribution is -2.23. The summed E-state index contributed by atoms with van der Waals surface area (Å²) in [5.41, 5.74) is 2.85. The van der Waals surface area contributed by atoms with E-state index < -0.39 is 5.56 Å². The van der Waals surface area contributed by atoms with Gasteiger partial charge in [-0.05, 0) is 24.3 Å². The van der Waals surface area contributed by atoms with Gasteiger partial charge >= 0.3 is 0 Å². The Hall–Kier alpha value is -2.60. The minimum Gasteiger partial charge on any atom is -0.266 e. The van der Waals surface area contributed by atoms with Crippen LogP contribution in [0, 0.1) is 0 Å². The van der Waals surface area contributed by atoms with Crippen LogP contribution in [-0.4, -0.2) is 19.6 Å². The Bertz CT molecular complexity index is 1180. The first-order valence-electron chi connectivity index (χ1n) is 8.34. The molecule has 0 saturated heterocycles. The number of halogens is 3. The van der Waals surface area contributed by atoms with Crippen molar-refractivity contribution in [3.8, 4) is 16.9 Å². The summed E-state index contributed by atoms with van der Waals surface area (Å²) in [7, 11) is 0. The highest BCUT2D eigenvalue weighted by molar-refractivity contribution is 6.41. The van der Waals surface area contributed by atoms with Crippen molar-refractivity contribution in [3.05, 3.63) is 98.0 Å². The number of rotatable bonds is 4. The van der Waals surface area contributed by atoms with Gasteiger partial charge in [0, 0.05) is 22.3 Å². The molecular weight excluding hydrogens is 419 g/mol. The molecular formula is C20H13Cl3N4O. The minimum atomic E-state index is -0.455. The first kappa shape index (κ1) is 18.7. The number of nitrogens with zero attached hydrogens (tertiary/aromatic N) is 4. The topological polar surface area (TPSA) is 52.7 Å². The molecule has 0 aliphatic carbocycles. The van der Waals surface area contributed by atoms with E-state index in [1.54, 1.807) is 16.8 Å². The molecule has 2 heterocycles. The lowest BCUT2D eigenvalue weighted by Gasteiger charge is -2.06. The van der Waals surface area contributed by atoms with Gasteiger partial charge in [0.25, 0.3) is 5.56 Å². The third kappa shape index (κ3) is 3.69. The molecule has 0 spiro atoms. The molecule has 0 bridgehead atoms. The molecule has 5 nitrogen and oxygen atoms in total. The van der Waals surface area contributed by atoms with Gasteiger partial charge in [-0.2, -0.15) is 10.2 Å². The third-order valence-corrected chi connectivity index (χ3v) is 5.19. The fourth-order valence-electron chi connectivity index (χ4n) is 2.81. The Balaban J connectivity index is 1.83. The zero-order chi connectivity index (χ0) is 19.7. The molecule has 0 N–H and O–H groups in total. The van der Waals surface area contributed by atoms with Gasteiger partial charge in [0.15, 0.2) is 0 Å². The molecule has 0 aliphatic rings. The van der Waals surface area contributed by atoms with E-state index in [0.717, 1.165) is 22.5 Å². The predicted molar refractivity (Wildman–Crippen MR) is 112 cm³/mol. The van der Waals surface area contributed by atoms with Crippen molar-refractivity contribution in [2.75, 3.05) is 0 Å². The van der Waals surface area contributed by atoms with E-state index in [1.807, 2.05) is 48.7 Å². The maximum absolute atomic E-state index is 12.4. The van der Waals surface area contributed by atoms with Crippen LogP contribution in [0.2, 0.25) is 15.1 Å². The second-order valence-corrected chi connectivity index (χ2v) is 7.28. The minimum absolute atomic E-state index is 0.0554. The number of hydrogen-bond acceptors (Lipinski definition) is 3. The maximum atomic E-state index is 12.4. The summed E-state index contributed by atoms with van der Waals surface area (Å²) in [6, 6.07) is 17.1. The largest absolute Gasteiger partial charge is 0.287 e. The van der Waals surface area contributed by atoms with Crippen molar-refractivity contribution >= 4 is 34.8 Å². The Morgan fingerprint density at radius 1 is 0.929 bits per heavy atom. The van der Waals surface area contributed by atoms with Crippen LogP contribution < -0.4 is 5.56 Å². The molecule has 0 unspecified atom stereocenters. The molecule has 0 radical (unpaired) electrons. The molecule has 0 aliphatic heterocycles. The van der Waals surface area contributed by atoms with Crippen LogP contribution in [0.25, 0.3) is 16.9 Å².